The van der Waals surface area contributed by atoms with Gasteiger partial charge in [0.25, 0.3) is 0 Å². The van der Waals surface area contributed by atoms with Gasteiger partial charge in [-0.15, -0.1) is 0 Å². The summed E-state index contributed by atoms with van der Waals surface area (Å²) >= 11 is 0. The van der Waals surface area contributed by atoms with Gasteiger partial charge in [-0.3, -0.25) is 0 Å². The molecular formula is C22H31NO. The molecule has 0 bridgehead atoms. The van der Waals surface area contributed by atoms with Crippen molar-refractivity contribution < 1.29 is 4.74 Å². The monoisotopic (exact) mass is 325 g/mol. The highest BCUT2D eigenvalue weighted by Crippen LogP contribution is 2.37. The van der Waals surface area contributed by atoms with E-state index in [0.29, 0.717) is 12.0 Å². The third kappa shape index (κ3) is 6.04. The van der Waals surface area contributed by atoms with Gasteiger partial charge in [-0.05, 0) is 87.5 Å². The summed E-state index contributed by atoms with van der Waals surface area (Å²) < 4.78 is 5.74. The minimum Gasteiger partial charge on any atom is -0.499 e. The molecule has 1 atom stereocenters. The molecule has 0 aliphatic heterocycles. The van der Waals surface area contributed by atoms with Crippen LogP contribution in [-0.2, 0) is 4.74 Å². The molecule has 2 heteroatoms. The minimum absolute atomic E-state index is 0.328. The Morgan fingerprint density at radius 2 is 1.92 bits per heavy atom. The average molecular weight is 325 g/mol. The highest BCUT2D eigenvalue weighted by Gasteiger charge is 2.22. The van der Waals surface area contributed by atoms with E-state index in [1.54, 1.807) is 0 Å². The summed E-state index contributed by atoms with van der Waals surface area (Å²) in [6, 6.07) is 10.4. The van der Waals surface area contributed by atoms with Gasteiger partial charge in [0.2, 0.25) is 0 Å². The number of unbranched alkanes of at least 4 members (excludes halogenated alkanes) is 1. The van der Waals surface area contributed by atoms with Crippen molar-refractivity contribution in [3.05, 3.63) is 47.7 Å². The van der Waals surface area contributed by atoms with Crippen molar-refractivity contribution in [1.82, 2.24) is 0 Å². The van der Waals surface area contributed by atoms with Gasteiger partial charge >= 0.3 is 0 Å². The molecule has 1 saturated carbocycles. The van der Waals surface area contributed by atoms with Gasteiger partial charge in [0.1, 0.15) is 0 Å². The molecule has 24 heavy (non-hydrogen) atoms. The van der Waals surface area contributed by atoms with Crippen LogP contribution in [0.5, 0.6) is 0 Å². The first-order valence-corrected chi connectivity index (χ1v) is 9.53. The Balaban J connectivity index is 1.68. The second-order valence-corrected chi connectivity index (χ2v) is 7.14. The lowest BCUT2D eigenvalue weighted by Gasteiger charge is -2.29. The summed E-state index contributed by atoms with van der Waals surface area (Å²) in [7, 11) is 0. The van der Waals surface area contributed by atoms with E-state index in [1.807, 2.05) is 18.4 Å². The van der Waals surface area contributed by atoms with Gasteiger partial charge in [0.15, 0.2) is 0 Å². The number of hydrogen-bond acceptors (Lipinski definition) is 2. The van der Waals surface area contributed by atoms with E-state index >= 15 is 0 Å². The van der Waals surface area contributed by atoms with Crippen molar-refractivity contribution in [3.63, 3.8) is 0 Å². The average Bonchev–Trinajstić information content (AvgIpc) is 2.64. The maximum absolute atomic E-state index is 8.89. The molecule has 0 saturated heterocycles. The molecule has 0 N–H and O–H groups in total. The zero-order chi connectivity index (χ0) is 17.2. The van der Waals surface area contributed by atoms with Gasteiger partial charge < -0.3 is 4.74 Å². The van der Waals surface area contributed by atoms with Crippen LogP contribution >= 0.6 is 0 Å². The number of benzene rings is 1. The van der Waals surface area contributed by atoms with Crippen molar-refractivity contribution >= 4 is 0 Å². The van der Waals surface area contributed by atoms with Crippen molar-refractivity contribution in [2.75, 3.05) is 0 Å². The number of nitriles is 1. The normalized spacial score (nSPS) is 22.2. The molecular weight excluding hydrogens is 294 g/mol. The molecule has 0 amide bonds. The van der Waals surface area contributed by atoms with Crippen LogP contribution < -0.4 is 0 Å². The number of rotatable bonds is 8. The lowest BCUT2D eigenvalue weighted by molar-refractivity contribution is 0.138. The smallest absolute Gasteiger partial charge is 0.0991 e. The van der Waals surface area contributed by atoms with Crippen molar-refractivity contribution in [3.8, 4) is 6.07 Å². The first-order chi connectivity index (χ1) is 11.7. The first-order valence-electron chi connectivity index (χ1n) is 9.53. The van der Waals surface area contributed by atoms with Crippen LogP contribution in [0, 0.1) is 17.2 Å². The fourth-order valence-electron chi connectivity index (χ4n) is 3.58. The van der Waals surface area contributed by atoms with Gasteiger partial charge in [-0.25, -0.2) is 0 Å². The topological polar surface area (TPSA) is 33.0 Å². The molecule has 1 unspecified atom stereocenters. The SMILES string of the molecule is CCCC=COC(C)CCC1CCC(c2ccc(C#N)cc2)CC1. The minimum atomic E-state index is 0.328. The molecule has 1 fully saturated rings. The zero-order valence-corrected chi connectivity index (χ0v) is 15.2. The Bertz CT molecular complexity index is 532. The Kier molecular flexibility index (Phi) is 7.89. The Labute approximate surface area is 147 Å². The molecule has 130 valence electrons. The Morgan fingerprint density at radius 3 is 2.54 bits per heavy atom. The van der Waals surface area contributed by atoms with Crippen LogP contribution in [0.4, 0.5) is 0 Å². The van der Waals surface area contributed by atoms with Crippen LogP contribution in [0.25, 0.3) is 0 Å². The van der Waals surface area contributed by atoms with Crippen LogP contribution in [0.3, 0.4) is 0 Å². The van der Waals surface area contributed by atoms with E-state index in [2.05, 4.69) is 38.1 Å². The maximum Gasteiger partial charge on any atom is 0.0991 e. The third-order valence-corrected chi connectivity index (χ3v) is 5.20. The van der Waals surface area contributed by atoms with E-state index in [1.165, 1.54) is 44.1 Å². The van der Waals surface area contributed by atoms with Crippen molar-refractivity contribution in [2.45, 2.75) is 77.2 Å². The molecule has 1 aromatic rings. The van der Waals surface area contributed by atoms with Crippen LogP contribution in [0.15, 0.2) is 36.6 Å². The van der Waals surface area contributed by atoms with Gasteiger partial charge in [-0.1, -0.05) is 25.5 Å². The standard InChI is InChI=1S/C22H31NO/c1-3-4-5-16-24-18(2)6-7-19-8-12-21(13-9-19)22-14-10-20(17-23)11-15-22/h5,10-11,14-16,18-19,21H,3-4,6-9,12-13H2,1-2H3. The quantitative estimate of drug-likeness (QED) is 0.523. The summed E-state index contributed by atoms with van der Waals surface area (Å²) in [5, 5.41) is 8.89. The molecule has 2 rings (SSSR count). The fraction of sp³-hybridized carbons (Fsp3) is 0.591. The highest BCUT2D eigenvalue weighted by atomic mass is 16.5. The van der Waals surface area contributed by atoms with E-state index in [4.69, 9.17) is 10.00 Å². The maximum atomic E-state index is 8.89. The van der Waals surface area contributed by atoms with Gasteiger partial charge in [-0.2, -0.15) is 5.26 Å². The third-order valence-electron chi connectivity index (χ3n) is 5.20. The highest BCUT2D eigenvalue weighted by molar-refractivity contribution is 5.33. The molecule has 0 aromatic heterocycles. The van der Waals surface area contributed by atoms with E-state index in [0.717, 1.165) is 24.3 Å². The summed E-state index contributed by atoms with van der Waals surface area (Å²) in [5.74, 6) is 1.53. The summed E-state index contributed by atoms with van der Waals surface area (Å²) in [6.45, 7) is 4.36. The predicted molar refractivity (Wildman–Crippen MR) is 99.7 cm³/mol. The Morgan fingerprint density at radius 1 is 1.21 bits per heavy atom. The molecule has 0 radical (unpaired) electrons. The van der Waals surface area contributed by atoms with Crippen molar-refractivity contribution in [1.29, 1.82) is 5.26 Å². The van der Waals surface area contributed by atoms with Crippen LogP contribution in [0.1, 0.15) is 82.3 Å². The summed E-state index contributed by atoms with van der Waals surface area (Å²) in [5.41, 5.74) is 2.17. The van der Waals surface area contributed by atoms with E-state index in [9.17, 15) is 0 Å². The van der Waals surface area contributed by atoms with Gasteiger partial charge in [0.05, 0.1) is 24.0 Å². The second kappa shape index (κ2) is 10.2. The second-order valence-electron chi connectivity index (χ2n) is 7.14. The lowest BCUT2D eigenvalue weighted by atomic mass is 9.77. The zero-order valence-electron chi connectivity index (χ0n) is 15.2. The summed E-state index contributed by atoms with van der Waals surface area (Å²) in [6.07, 6.45) is 14.3. The molecule has 1 aromatic carbocycles. The lowest BCUT2D eigenvalue weighted by Crippen LogP contribution is -2.15. The van der Waals surface area contributed by atoms with Gasteiger partial charge in [0, 0.05) is 0 Å². The van der Waals surface area contributed by atoms with Crippen LogP contribution in [-0.4, -0.2) is 6.10 Å². The van der Waals surface area contributed by atoms with E-state index < -0.39 is 0 Å². The largest absolute Gasteiger partial charge is 0.499 e. The molecule has 2 nitrogen and oxygen atoms in total. The predicted octanol–water partition coefficient (Wildman–Crippen LogP) is 6.33. The van der Waals surface area contributed by atoms with E-state index in [-0.39, 0.29) is 0 Å². The van der Waals surface area contributed by atoms with Crippen LogP contribution in [0.2, 0.25) is 0 Å². The number of allylic oxidation sites excluding steroid dienone is 1. The Hall–Kier alpha value is -1.75. The number of ether oxygens (including phenoxy) is 1. The molecule has 0 heterocycles. The number of nitrogens with zero attached hydrogens (tertiary/aromatic N) is 1. The van der Waals surface area contributed by atoms with Crippen molar-refractivity contribution in [2.24, 2.45) is 5.92 Å². The summed E-state index contributed by atoms with van der Waals surface area (Å²) in [4.78, 5) is 0. The number of hydrogen-bond donors (Lipinski definition) is 0. The molecule has 0 spiro atoms. The first kappa shape index (κ1) is 18.6. The molecule has 1 aliphatic carbocycles. The fourth-order valence-corrected chi connectivity index (χ4v) is 3.58. The molecule has 1 aliphatic rings.